The van der Waals surface area contributed by atoms with Crippen LogP contribution in [0.3, 0.4) is 0 Å². The molecule has 0 radical (unpaired) electrons. The van der Waals surface area contributed by atoms with E-state index in [0.29, 0.717) is 5.92 Å². The Hall–Kier alpha value is -0.450. The predicted octanol–water partition coefficient (Wildman–Crippen LogP) is 4.18. The first-order valence-corrected chi connectivity index (χ1v) is 8.69. The zero-order valence-electron chi connectivity index (χ0n) is 13.5. The first-order valence-electron chi connectivity index (χ1n) is 7.87. The van der Waals surface area contributed by atoms with Crippen LogP contribution in [-0.4, -0.2) is 17.6 Å². The molecule has 3 nitrogen and oxygen atoms in total. The summed E-state index contributed by atoms with van der Waals surface area (Å²) in [7, 11) is 0. The predicted molar refractivity (Wildman–Crippen MR) is 85.3 cm³/mol. The third-order valence-corrected chi connectivity index (χ3v) is 5.31. The van der Waals surface area contributed by atoms with Crippen LogP contribution in [0.25, 0.3) is 0 Å². The molecule has 1 aliphatic rings. The molecule has 114 valence electrons. The van der Waals surface area contributed by atoms with Crippen molar-refractivity contribution >= 4 is 11.3 Å². The van der Waals surface area contributed by atoms with Crippen molar-refractivity contribution in [3.63, 3.8) is 0 Å². The van der Waals surface area contributed by atoms with Gasteiger partial charge in [0.2, 0.25) is 0 Å². The zero-order chi connectivity index (χ0) is 14.8. The summed E-state index contributed by atoms with van der Waals surface area (Å²) >= 11 is 1.83. The van der Waals surface area contributed by atoms with Crippen molar-refractivity contribution < 1.29 is 4.74 Å². The molecule has 0 saturated heterocycles. The maximum Gasteiger partial charge on any atom is 0.125 e. The molecule has 1 N–H and O–H groups in total. The van der Waals surface area contributed by atoms with Crippen molar-refractivity contribution in [3.05, 3.63) is 15.6 Å². The first-order chi connectivity index (χ1) is 9.50. The highest BCUT2D eigenvalue weighted by Gasteiger charge is 2.31. The van der Waals surface area contributed by atoms with E-state index in [1.807, 2.05) is 11.3 Å². The minimum Gasteiger partial charge on any atom is -0.368 e. The van der Waals surface area contributed by atoms with Crippen LogP contribution in [0.15, 0.2) is 0 Å². The second kappa shape index (κ2) is 6.54. The van der Waals surface area contributed by atoms with Crippen LogP contribution in [0.5, 0.6) is 0 Å². The Kier molecular flexibility index (Phi) is 5.21. The van der Waals surface area contributed by atoms with Gasteiger partial charge in [0.1, 0.15) is 10.6 Å². The molecular weight excluding hydrogens is 268 g/mol. The van der Waals surface area contributed by atoms with Gasteiger partial charge in [-0.05, 0) is 39.0 Å². The lowest BCUT2D eigenvalue weighted by atomic mass is 10.0. The van der Waals surface area contributed by atoms with E-state index in [1.165, 1.54) is 23.4 Å². The summed E-state index contributed by atoms with van der Waals surface area (Å²) < 4.78 is 5.98. The summed E-state index contributed by atoms with van der Waals surface area (Å²) in [6.45, 7) is 12.5. The van der Waals surface area contributed by atoms with E-state index in [0.717, 1.165) is 30.6 Å². The quantitative estimate of drug-likeness (QED) is 0.781. The molecule has 1 fully saturated rings. The van der Waals surface area contributed by atoms with E-state index in [9.17, 15) is 0 Å². The summed E-state index contributed by atoms with van der Waals surface area (Å²) in [5.41, 5.74) is 1.01. The molecule has 0 aliphatic heterocycles. The molecule has 2 rings (SSSR count). The van der Waals surface area contributed by atoms with E-state index < -0.39 is 0 Å². The maximum absolute atomic E-state index is 5.98. The van der Waals surface area contributed by atoms with Crippen LogP contribution in [0.4, 0.5) is 0 Å². The fraction of sp³-hybridized carbons (Fsp3) is 0.812. The SMILES string of the molecule is CCOC(C)(CC)c1nc(C(C)C)c(CNC2CC2)s1. The van der Waals surface area contributed by atoms with Crippen LogP contribution in [0.1, 0.15) is 75.4 Å². The molecule has 20 heavy (non-hydrogen) atoms. The maximum atomic E-state index is 5.98. The van der Waals surface area contributed by atoms with Gasteiger partial charge in [0.05, 0.1) is 5.69 Å². The number of nitrogens with zero attached hydrogens (tertiary/aromatic N) is 1. The lowest BCUT2D eigenvalue weighted by Gasteiger charge is -2.25. The Bertz CT molecular complexity index is 440. The lowest BCUT2D eigenvalue weighted by Crippen LogP contribution is -2.24. The van der Waals surface area contributed by atoms with E-state index in [4.69, 9.17) is 9.72 Å². The minimum atomic E-state index is -0.235. The van der Waals surface area contributed by atoms with Gasteiger partial charge in [-0.25, -0.2) is 4.98 Å². The molecule has 1 aliphatic carbocycles. The van der Waals surface area contributed by atoms with Gasteiger partial charge < -0.3 is 10.1 Å². The Morgan fingerprint density at radius 2 is 2.10 bits per heavy atom. The Labute approximate surface area is 127 Å². The highest BCUT2D eigenvalue weighted by molar-refractivity contribution is 7.11. The molecule has 0 spiro atoms. The van der Waals surface area contributed by atoms with Crippen molar-refractivity contribution in [1.29, 1.82) is 0 Å². The van der Waals surface area contributed by atoms with Gasteiger partial charge in [-0.15, -0.1) is 11.3 Å². The Morgan fingerprint density at radius 1 is 1.40 bits per heavy atom. The summed E-state index contributed by atoms with van der Waals surface area (Å²) in [6.07, 6.45) is 3.62. The largest absolute Gasteiger partial charge is 0.368 e. The molecule has 0 aromatic carbocycles. The monoisotopic (exact) mass is 296 g/mol. The third-order valence-electron chi connectivity index (χ3n) is 3.99. The highest BCUT2D eigenvalue weighted by atomic mass is 32.1. The smallest absolute Gasteiger partial charge is 0.125 e. The van der Waals surface area contributed by atoms with Gasteiger partial charge in [0, 0.05) is 24.1 Å². The average Bonchev–Trinajstić information content (AvgIpc) is 3.14. The normalized spacial score (nSPS) is 18.5. The van der Waals surface area contributed by atoms with Crippen LogP contribution in [0.2, 0.25) is 0 Å². The van der Waals surface area contributed by atoms with Crippen molar-refractivity contribution in [3.8, 4) is 0 Å². The van der Waals surface area contributed by atoms with E-state index in [-0.39, 0.29) is 5.60 Å². The number of rotatable bonds is 8. The summed E-state index contributed by atoms with van der Waals surface area (Å²) in [6, 6.07) is 0.741. The van der Waals surface area contributed by atoms with Crippen molar-refractivity contribution in [2.45, 2.75) is 78.0 Å². The molecule has 1 unspecified atom stereocenters. The molecule has 4 heteroatoms. The molecular formula is C16H28N2OS. The molecule has 1 saturated carbocycles. The number of aromatic nitrogens is 1. The second-order valence-corrected chi connectivity index (χ2v) is 7.24. The topological polar surface area (TPSA) is 34.1 Å². The molecule has 1 aromatic heterocycles. The van der Waals surface area contributed by atoms with E-state index in [2.05, 4.69) is 39.9 Å². The van der Waals surface area contributed by atoms with Crippen LogP contribution >= 0.6 is 11.3 Å². The van der Waals surface area contributed by atoms with Gasteiger partial charge >= 0.3 is 0 Å². The molecule has 0 bridgehead atoms. The number of thiazole rings is 1. The summed E-state index contributed by atoms with van der Waals surface area (Å²) in [4.78, 5) is 6.31. The van der Waals surface area contributed by atoms with Gasteiger partial charge in [-0.1, -0.05) is 20.8 Å². The van der Waals surface area contributed by atoms with Crippen LogP contribution in [-0.2, 0) is 16.9 Å². The van der Waals surface area contributed by atoms with Crippen LogP contribution < -0.4 is 5.32 Å². The molecule has 1 atom stereocenters. The highest BCUT2D eigenvalue weighted by Crippen LogP contribution is 2.36. The lowest BCUT2D eigenvalue weighted by molar-refractivity contribution is -0.0325. The van der Waals surface area contributed by atoms with Gasteiger partial charge in [-0.2, -0.15) is 0 Å². The van der Waals surface area contributed by atoms with E-state index in [1.54, 1.807) is 0 Å². The third kappa shape index (κ3) is 3.60. The second-order valence-electron chi connectivity index (χ2n) is 6.15. The Morgan fingerprint density at radius 3 is 2.60 bits per heavy atom. The number of nitrogens with one attached hydrogen (secondary N) is 1. The van der Waals surface area contributed by atoms with Gasteiger partial charge in [0.15, 0.2) is 0 Å². The van der Waals surface area contributed by atoms with Crippen molar-refractivity contribution in [1.82, 2.24) is 10.3 Å². The summed E-state index contributed by atoms with van der Waals surface area (Å²) in [5, 5.41) is 4.75. The van der Waals surface area contributed by atoms with E-state index >= 15 is 0 Å². The zero-order valence-corrected chi connectivity index (χ0v) is 14.3. The average molecular weight is 296 g/mol. The molecule has 1 heterocycles. The summed E-state index contributed by atoms with van der Waals surface area (Å²) in [5.74, 6) is 0.471. The molecule has 1 aromatic rings. The van der Waals surface area contributed by atoms with Crippen LogP contribution in [0, 0.1) is 0 Å². The Balaban J connectivity index is 2.22. The minimum absolute atomic E-state index is 0.235. The number of ether oxygens (including phenoxy) is 1. The van der Waals surface area contributed by atoms with Crippen molar-refractivity contribution in [2.24, 2.45) is 0 Å². The number of hydrogen-bond donors (Lipinski definition) is 1. The molecule has 0 amide bonds. The van der Waals surface area contributed by atoms with Gasteiger partial charge in [0.25, 0.3) is 0 Å². The number of hydrogen-bond acceptors (Lipinski definition) is 4. The standard InChI is InChI=1S/C16H28N2OS/c1-6-16(5,19-7-2)15-18-14(11(3)4)13(20-15)10-17-12-8-9-12/h11-12,17H,6-10H2,1-5H3. The fourth-order valence-corrected chi connectivity index (χ4v) is 3.66. The first kappa shape index (κ1) is 15.9. The van der Waals surface area contributed by atoms with Crippen molar-refractivity contribution in [2.75, 3.05) is 6.61 Å². The van der Waals surface area contributed by atoms with Gasteiger partial charge in [-0.3, -0.25) is 0 Å². The fourth-order valence-electron chi connectivity index (χ4n) is 2.33.